The Kier molecular flexibility index (Phi) is 13.8. The van der Waals surface area contributed by atoms with E-state index in [1.165, 1.54) is 42.6 Å². The van der Waals surface area contributed by atoms with E-state index in [1.807, 2.05) is 26.9 Å². The Labute approximate surface area is 303 Å². The summed E-state index contributed by atoms with van der Waals surface area (Å²) in [5.41, 5.74) is 4.54. The number of benzene rings is 2. The van der Waals surface area contributed by atoms with E-state index in [9.17, 15) is 23.0 Å². The maximum Gasteiger partial charge on any atom is 0.387 e. The zero-order valence-corrected chi connectivity index (χ0v) is 32.8. The van der Waals surface area contributed by atoms with E-state index < -0.39 is 49.2 Å². The summed E-state index contributed by atoms with van der Waals surface area (Å²) in [4.78, 5) is 21.7. The van der Waals surface area contributed by atoms with E-state index in [4.69, 9.17) is 10.2 Å². The number of aromatic nitrogens is 2. The number of halogens is 4. The first-order valence-corrected chi connectivity index (χ1v) is 20.9. The molecule has 2 aromatic carbocycles. The number of anilines is 2. The molecule has 0 aliphatic rings. The van der Waals surface area contributed by atoms with E-state index in [0.717, 1.165) is 0 Å². The van der Waals surface area contributed by atoms with E-state index in [-0.39, 0.29) is 67.5 Å². The zero-order valence-electron chi connectivity index (χ0n) is 29.4. The number of nitriles is 1. The van der Waals surface area contributed by atoms with Gasteiger partial charge in [0.1, 0.15) is 11.9 Å². The Morgan fingerprint density at radius 1 is 1.18 bits per heavy atom. The third-order valence-electron chi connectivity index (χ3n) is 8.84. The first-order valence-electron chi connectivity index (χ1n) is 16.0. The lowest BCUT2D eigenvalue weighted by molar-refractivity contribution is -0.0504. The van der Waals surface area contributed by atoms with Crippen LogP contribution in [-0.4, -0.2) is 52.8 Å². The van der Waals surface area contributed by atoms with Gasteiger partial charge in [-0.2, -0.15) is 14.0 Å². The van der Waals surface area contributed by atoms with Gasteiger partial charge in [-0.3, -0.25) is 4.79 Å². The average Bonchev–Trinajstić information content (AvgIpc) is 3.05. The largest absolute Gasteiger partial charge is 0.434 e. The number of carbonyl (C=O) groups excluding carboxylic acids is 1. The fourth-order valence-electron chi connectivity index (χ4n) is 4.68. The van der Waals surface area contributed by atoms with Crippen LogP contribution < -0.4 is 20.5 Å². The molecule has 0 saturated carbocycles. The van der Waals surface area contributed by atoms with Gasteiger partial charge >= 0.3 is 6.61 Å². The predicted octanol–water partition coefficient (Wildman–Crippen LogP) is 8.09. The molecule has 0 bridgehead atoms. The van der Waals surface area contributed by atoms with Crippen LogP contribution in [-0.2, 0) is 21.0 Å². The summed E-state index contributed by atoms with van der Waals surface area (Å²) in [5.74, 6) is -1.69. The van der Waals surface area contributed by atoms with Crippen molar-refractivity contribution >= 4 is 52.4 Å². The second kappa shape index (κ2) is 16.8. The molecule has 3 aromatic rings. The average molecular weight is 798 g/mol. The van der Waals surface area contributed by atoms with Gasteiger partial charge in [0.2, 0.25) is 5.78 Å². The molecule has 4 N–H and O–H groups in total. The molecule has 16 heteroatoms. The normalized spacial score (nSPS) is 15.1. The van der Waals surface area contributed by atoms with Crippen molar-refractivity contribution in [1.29, 1.82) is 5.26 Å². The van der Waals surface area contributed by atoms with Crippen LogP contribution in [0.1, 0.15) is 70.6 Å². The van der Waals surface area contributed by atoms with E-state index in [2.05, 4.69) is 67.5 Å². The highest BCUT2D eigenvalue weighted by Gasteiger charge is 2.40. The minimum atomic E-state index is -3.13. The summed E-state index contributed by atoms with van der Waals surface area (Å²) in [5, 5.41) is 13.3. The van der Waals surface area contributed by atoms with Crippen molar-refractivity contribution in [2.75, 3.05) is 17.6 Å². The van der Waals surface area contributed by atoms with Gasteiger partial charge in [-0.25, -0.2) is 23.3 Å². The minimum absolute atomic E-state index is 0.0182. The smallest absolute Gasteiger partial charge is 0.387 e. The SMILES string of the molecule is CCC(C)S(=O)NCC[C@@](C#N)(Nc1ccc(-c2ccnc(C(=O)[C@@H](C)O[Si](C)(C)C(C)(C)C)n2)c(F)c1N)c1cccc(OC(F)F)c1Br. The summed E-state index contributed by atoms with van der Waals surface area (Å²) in [6.45, 7) is 12.5. The lowest BCUT2D eigenvalue weighted by Crippen LogP contribution is -2.45. The Hall–Kier alpha value is -3.36. The van der Waals surface area contributed by atoms with Gasteiger partial charge in [0.05, 0.1) is 38.6 Å². The highest BCUT2D eigenvalue weighted by Crippen LogP contribution is 2.42. The van der Waals surface area contributed by atoms with Gasteiger partial charge in [0, 0.05) is 35.5 Å². The molecule has 3 rings (SSSR count). The van der Waals surface area contributed by atoms with E-state index >= 15 is 4.39 Å². The van der Waals surface area contributed by atoms with Gasteiger partial charge in [0.25, 0.3) is 0 Å². The summed E-state index contributed by atoms with van der Waals surface area (Å²) < 4.78 is 68.9. The number of rotatable bonds is 16. The number of ketones is 1. The number of nitrogen functional groups attached to an aromatic ring is 1. The molecule has 0 aliphatic carbocycles. The van der Waals surface area contributed by atoms with Crippen LogP contribution in [0.2, 0.25) is 18.1 Å². The Morgan fingerprint density at radius 2 is 1.86 bits per heavy atom. The second-order valence-electron chi connectivity index (χ2n) is 13.3. The maximum atomic E-state index is 16.1. The first-order chi connectivity index (χ1) is 23.3. The van der Waals surface area contributed by atoms with Gasteiger partial charge < -0.3 is 20.2 Å². The van der Waals surface area contributed by atoms with Crippen molar-refractivity contribution in [2.24, 2.45) is 0 Å². The van der Waals surface area contributed by atoms with Crippen LogP contribution in [0.25, 0.3) is 11.3 Å². The quantitative estimate of drug-likeness (QED) is 0.0742. The predicted molar refractivity (Wildman–Crippen MR) is 196 cm³/mol. The molecule has 1 aromatic heterocycles. The number of carbonyl (C=O) groups is 1. The molecular formula is C34H44BrF3N6O4SSi. The van der Waals surface area contributed by atoms with Crippen molar-refractivity contribution in [3.05, 3.63) is 64.3 Å². The molecule has 50 heavy (non-hydrogen) atoms. The van der Waals surface area contributed by atoms with Crippen LogP contribution in [0, 0.1) is 17.1 Å². The lowest BCUT2D eigenvalue weighted by Gasteiger charge is -2.37. The number of nitrogens with two attached hydrogens (primary N) is 1. The van der Waals surface area contributed by atoms with Crippen molar-refractivity contribution in [2.45, 2.75) is 96.0 Å². The molecule has 0 fully saturated rings. The first kappa shape index (κ1) is 41.1. The van der Waals surface area contributed by atoms with Gasteiger partial charge in [-0.05, 0) is 78.6 Å². The van der Waals surface area contributed by atoms with E-state index in [0.29, 0.717) is 6.42 Å². The molecule has 0 radical (unpaired) electrons. The summed E-state index contributed by atoms with van der Waals surface area (Å²) in [6.07, 6.45) is 1.12. The highest BCUT2D eigenvalue weighted by molar-refractivity contribution is 9.10. The lowest BCUT2D eigenvalue weighted by atomic mass is 9.87. The van der Waals surface area contributed by atoms with E-state index in [1.54, 1.807) is 6.92 Å². The molecule has 10 nitrogen and oxygen atoms in total. The molecule has 0 aliphatic heterocycles. The van der Waals surface area contributed by atoms with Crippen LogP contribution >= 0.6 is 15.9 Å². The van der Waals surface area contributed by atoms with Crippen LogP contribution in [0.15, 0.2) is 47.1 Å². The number of nitrogens with one attached hydrogen (secondary N) is 2. The number of ether oxygens (including phenoxy) is 1. The fourth-order valence-corrected chi connectivity index (χ4v) is 7.61. The number of hydrogen-bond acceptors (Lipinski definition) is 9. The van der Waals surface area contributed by atoms with Crippen LogP contribution in [0.4, 0.5) is 24.5 Å². The molecular weight excluding hydrogens is 753 g/mol. The highest BCUT2D eigenvalue weighted by atomic mass is 79.9. The minimum Gasteiger partial charge on any atom is -0.434 e. The molecule has 4 atom stereocenters. The summed E-state index contributed by atoms with van der Waals surface area (Å²) in [6, 6.07) is 10.8. The monoisotopic (exact) mass is 796 g/mol. The van der Waals surface area contributed by atoms with Gasteiger partial charge in [0.15, 0.2) is 25.5 Å². The molecule has 0 spiro atoms. The van der Waals surface area contributed by atoms with Crippen molar-refractivity contribution < 1.29 is 31.3 Å². The molecule has 1 heterocycles. The van der Waals surface area contributed by atoms with Crippen molar-refractivity contribution in [3.8, 4) is 23.1 Å². The Morgan fingerprint density at radius 3 is 2.46 bits per heavy atom. The molecule has 2 unspecified atom stereocenters. The molecule has 0 saturated heterocycles. The third-order valence-corrected chi connectivity index (χ3v) is 15.8. The zero-order chi connectivity index (χ0) is 37.6. The summed E-state index contributed by atoms with van der Waals surface area (Å²) in [7, 11) is -3.71. The van der Waals surface area contributed by atoms with Gasteiger partial charge in [-0.15, -0.1) is 0 Å². The van der Waals surface area contributed by atoms with Crippen molar-refractivity contribution in [1.82, 2.24) is 14.7 Å². The Bertz CT molecular complexity index is 1760. The Balaban J connectivity index is 2.02. The van der Waals surface area contributed by atoms with Gasteiger partial charge in [-0.1, -0.05) is 39.8 Å². The molecule has 272 valence electrons. The van der Waals surface area contributed by atoms with Crippen LogP contribution in [0.5, 0.6) is 5.75 Å². The number of alkyl halides is 2. The number of hydrogen-bond donors (Lipinski definition) is 3. The standard InChI is InChI=1S/C34H44BrF3N6O4SSi/c1-9-20(2)49(46)42-18-16-34(19-39,23-11-10-12-26(27(23)35)47-32(37)38)44-25-14-13-22(28(36)29(25)40)24-15-17-41-31(43-24)30(45)21(3)48-50(7,8)33(4,5)6/h10-15,17,20-21,32,42,44H,9,16,18,40H2,1-8H3/t20?,21-,34+,49?/m1/s1. The molecule has 0 amide bonds. The topological polar surface area (TPSA) is 152 Å². The maximum absolute atomic E-state index is 16.1. The number of Topliss-reactive ketones (excluding diaryl/α,β-unsaturated/α-hetero) is 1. The fraction of sp³-hybridized carbons (Fsp3) is 0.471. The second-order valence-corrected chi connectivity index (χ2v) is 20.6. The number of nitrogens with zero attached hydrogens (tertiary/aromatic N) is 3. The van der Waals surface area contributed by atoms with Crippen LogP contribution in [0.3, 0.4) is 0 Å². The third kappa shape index (κ3) is 9.49. The summed E-state index contributed by atoms with van der Waals surface area (Å²) >= 11 is 3.30. The van der Waals surface area contributed by atoms with Crippen molar-refractivity contribution in [3.63, 3.8) is 0 Å².